The van der Waals surface area contributed by atoms with Crippen molar-refractivity contribution in [1.29, 1.82) is 0 Å². The molecular formula is C26H30F3N3O4. The number of carboxylic acid groups (broad SMARTS) is 1. The average molecular weight is 506 g/mol. The third kappa shape index (κ3) is 5.59. The molecule has 7 nitrogen and oxygen atoms in total. The third-order valence-electron chi connectivity index (χ3n) is 6.97. The molecule has 1 fully saturated rings. The number of nitrogens with zero attached hydrogens (tertiary/aromatic N) is 2. The number of alkyl halides is 3. The van der Waals surface area contributed by atoms with Crippen LogP contribution in [0.3, 0.4) is 0 Å². The first-order valence-corrected chi connectivity index (χ1v) is 11.8. The maximum absolute atomic E-state index is 12.5. The summed E-state index contributed by atoms with van der Waals surface area (Å²) in [5.41, 5.74) is 2.03. The van der Waals surface area contributed by atoms with Crippen LogP contribution in [0.25, 0.3) is 11.0 Å². The van der Waals surface area contributed by atoms with Crippen molar-refractivity contribution in [2.75, 3.05) is 5.32 Å². The monoisotopic (exact) mass is 505 g/mol. The molecule has 1 aliphatic carbocycles. The van der Waals surface area contributed by atoms with E-state index < -0.39 is 24.0 Å². The quantitative estimate of drug-likeness (QED) is 0.366. The summed E-state index contributed by atoms with van der Waals surface area (Å²) in [6, 6.07) is 10.9. The molecule has 0 radical (unpaired) electrons. The Morgan fingerprint density at radius 1 is 1.17 bits per heavy atom. The molecule has 0 amide bonds. The molecule has 2 atom stereocenters. The number of aryl methyl sites for hydroxylation is 1. The molecular weight excluding hydrogens is 475 g/mol. The summed E-state index contributed by atoms with van der Waals surface area (Å²) in [5.74, 6) is -0.783. The van der Waals surface area contributed by atoms with Gasteiger partial charge < -0.3 is 24.8 Å². The van der Waals surface area contributed by atoms with E-state index in [0.717, 1.165) is 17.5 Å². The first kappa shape index (κ1) is 25.8. The van der Waals surface area contributed by atoms with Crippen molar-refractivity contribution < 1.29 is 32.9 Å². The zero-order valence-electron chi connectivity index (χ0n) is 20.4. The van der Waals surface area contributed by atoms with E-state index in [-0.39, 0.29) is 17.6 Å². The van der Waals surface area contributed by atoms with Crippen molar-refractivity contribution in [3.63, 3.8) is 0 Å². The van der Waals surface area contributed by atoms with Gasteiger partial charge in [0.05, 0.1) is 22.7 Å². The number of fused-ring (bicyclic) bond motifs is 1. The van der Waals surface area contributed by atoms with Gasteiger partial charge in [-0.1, -0.05) is 19.9 Å². The minimum atomic E-state index is -4.78. The van der Waals surface area contributed by atoms with Crippen LogP contribution in [0.15, 0.2) is 42.5 Å². The number of nitrogens with one attached hydrogen (secondary N) is 1. The maximum atomic E-state index is 12.5. The smallest absolute Gasteiger partial charge is 0.481 e. The van der Waals surface area contributed by atoms with E-state index in [9.17, 15) is 23.1 Å². The van der Waals surface area contributed by atoms with Crippen molar-refractivity contribution >= 4 is 28.6 Å². The van der Waals surface area contributed by atoms with Gasteiger partial charge in [-0.15, -0.1) is 13.2 Å². The Balaban J connectivity index is 1.74. The Bertz CT molecular complexity index is 1250. The van der Waals surface area contributed by atoms with Crippen LogP contribution in [0.5, 0.6) is 5.75 Å². The number of ether oxygens (including phenoxy) is 1. The lowest BCUT2D eigenvalue weighted by molar-refractivity contribution is -0.274. The lowest BCUT2D eigenvalue weighted by Crippen LogP contribution is -2.49. The van der Waals surface area contributed by atoms with E-state index in [0.29, 0.717) is 36.4 Å². The first-order valence-electron chi connectivity index (χ1n) is 11.8. The van der Waals surface area contributed by atoms with Crippen LogP contribution in [0.1, 0.15) is 52.0 Å². The highest BCUT2D eigenvalue weighted by Crippen LogP contribution is 2.46. The number of halogens is 3. The predicted octanol–water partition coefficient (Wildman–Crippen LogP) is 5.98. The summed E-state index contributed by atoms with van der Waals surface area (Å²) in [4.78, 5) is 15.8. The molecule has 4 rings (SSSR count). The SMILES string of the molecule is CC1(C)CCC(C)(n2c(Nc3ccc(OC(F)(F)F)cc3)nc3cc(CCC(=O)O)ccc32)C(O)C1. The topological polar surface area (TPSA) is 96.6 Å². The Kier molecular flexibility index (Phi) is 6.68. The van der Waals surface area contributed by atoms with Crippen LogP contribution < -0.4 is 10.1 Å². The largest absolute Gasteiger partial charge is 0.573 e. The van der Waals surface area contributed by atoms with Crippen LogP contribution in [0, 0.1) is 5.41 Å². The van der Waals surface area contributed by atoms with Crippen molar-refractivity contribution in [2.24, 2.45) is 5.41 Å². The second-order valence-electron chi connectivity index (χ2n) is 10.4. The molecule has 0 saturated heterocycles. The molecule has 3 N–H and O–H groups in total. The minimum Gasteiger partial charge on any atom is -0.481 e. The molecule has 36 heavy (non-hydrogen) atoms. The highest BCUT2D eigenvalue weighted by Gasteiger charge is 2.45. The number of aliphatic hydroxyl groups excluding tert-OH is 1. The normalized spacial score (nSPS) is 21.9. The van der Waals surface area contributed by atoms with Gasteiger partial charge in [0.2, 0.25) is 5.95 Å². The highest BCUT2D eigenvalue weighted by atomic mass is 19.4. The van der Waals surface area contributed by atoms with Gasteiger partial charge in [0, 0.05) is 12.1 Å². The van der Waals surface area contributed by atoms with Gasteiger partial charge in [0.25, 0.3) is 0 Å². The van der Waals surface area contributed by atoms with E-state index in [2.05, 4.69) is 23.9 Å². The lowest BCUT2D eigenvalue weighted by Gasteiger charge is -2.46. The van der Waals surface area contributed by atoms with Crippen LogP contribution >= 0.6 is 0 Å². The number of aliphatic carboxylic acids is 1. The number of aliphatic hydroxyl groups is 1. The van der Waals surface area contributed by atoms with E-state index >= 15 is 0 Å². The van der Waals surface area contributed by atoms with Crippen molar-refractivity contribution in [3.05, 3.63) is 48.0 Å². The number of anilines is 2. The van der Waals surface area contributed by atoms with Gasteiger partial charge >= 0.3 is 12.3 Å². The lowest BCUT2D eigenvalue weighted by atomic mass is 9.68. The fourth-order valence-corrected chi connectivity index (χ4v) is 4.87. The molecule has 194 valence electrons. The standard InChI is InChI=1S/C26H30F3N3O4/c1-24(2)12-13-25(3,21(33)15-24)32-20-10-4-16(5-11-22(34)35)14-19(20)31-23(32)30-17-6-8-18(9-7-17)36-26(27,28)29/h4,6-10,14,21,33H,5,11-13,15H2,1-3H3,(H,30,31)(H,34,35). The molecule has 3 aromatic rings. The zero-order chi connectivity index (χ0) is 26.3. The number of benzene rings is 2. The summed E-state index contributed by atoms with van der Waals surface area (Å²) in [5, 5.41) is 23.5. The summed E-state index contributed by atoms with van der Waals surface area (Å²) in [6.45, 7) is 6.23. The van der Waals surface area contributed by atoms with Gasteiger partial charge in [0.15, 0.2) is 0 Å². The Morgan fingerprint density at radius 2 is 1.86 bits per heavy atom. The minimum absolute atomic E-state index is 0.00478. The third-order valence-corrected chi connectivity index (χ3v) is 6.97. The van der Waals surface area contributed by atoms with Crippen molar-refractivity contribution in [2.45, 2.75) is 70.9 Å². The van der Waals surface area contributed by atoms with Gasteiger partial charge in [-0.3, -0.25) is 4.79 Å². The summed E-state index contributed by atoms with van der Waals surface area (Å²) in [6.07, 6.45) is -2.90. The predicted molar refractivity (Wildman–Crippen MR) is 129 cm³/mol. The summed E-state index contributed by atoms with van der Waals surface area (Å²) >= 11 is 0. The molecule has 2 unspecified atom stereocenters. The van der Waals surface area contributed by atoms with Crippen molar-refractivity contribution in [3.8, 4) is 5.75 Å². The van der Waals surface area contributed by atoms with E-state index in [1.165, 1.54) is 24.3 Å². The van der Waals surface area contributed by atoms with Gasteiger partial charge in [-0.2, -0.15) is 0 Å². The van der Waals surface area contributed by atoms with Crippen LogP contribution in [0.2, 0.25) is 0 Å². The maximum Gasteiger partial charge on any atom is 0.573 e. The van der Waals surface area contributed by atoms with Crippen LogP contribution in [-0.2, 0) is 16.8 Å². The Morgan fingerprint density at radius 3 is 2.47 bits per heavy atom. The fourth-order valence-electron chi connectivity index (χ4n) is 4.87. The first-order chi connectivity index (χ1) is 16.8. The molecule has 1 heterocycles. The number of hydrogen-bond donors (Lipinski definition) is 3. The molecule has 1 saturated carbocycles. The molecule has 10 heteroatoms. The Hall–Kier alpha value is -3.27. The van der Waals surface area contributed by atoms with E-state index in [4.69, 9.17) is 10.1 Å². The molecule has 2 aromatic carbocycles. The number of imidazole rings is 1. The second-order valence-corrected chi connectivity index (χ2v) is 10.4. The molecule has 1 aromatic heterocycles. The second kappa shape index (κ2) is 9.31. The van der Waals surface area contributed by atoms with Gasteiger partial charge in [-0.25, -0.2) is 4.98 Å². The number of rotatable bonds is 7. The van der Waals surface area contributed by atoms with Gasteiger partial charge in [0.1, 0.15) is 5.75 Å². The van der Waals surface area contributed by atoms with E-state index in [1.54, 1.807) is 0 Å². The summed E-state index contributed by atoms with van der Waals surface area (Å²) in [7, 11) is 0. The van der Waals surface area contributed by atoms with E-state index in [1.807, 2.05) is 29.7 Å². The van der Waals surface area contributed by atoms with Crippen LogP contribution in [-0.4, -0.2) is 38.2 Å². The summed E-state index contributed by atoms with van der Waals surface area (Å²) < 4.78 is 43.5. The number of carboxylic acids is 1. The number of hydrogen-bond acceptors (Lipinski definition) is 5. The Labute approximate surface area is 206 Å². The van der Waals surface area contributed by atoms with Crippen LogP contribution in [0.4, 0.5) is 24.8 Å². The molecule has 0 bridgehead atoms. The zero-order valence-corrected chi connectivity index (χ0v) is 20.4. The fraction of sp³-hybridized carbons (Fsp3) is 0.462. The highest BCUT2D eigenvalue weighted by molar-refractivity contribution is 5.81. The number of carbonyl (C=O) groups is 1. The van der Waals surface area contributed by atoms with Gasteiger partial charge in [-0.05, 0) is 80.0 Å². The molecule has 0 spiro atoms. The number of aromatic nitrogens is 2. The molecule has 1 aliphatic rings. The van der Waals surface area contributed by atoms with Crippen molar-refractivity contribution in [1.82, 2.24) is 9.55 Å². The molecule has 0 aliphatic heterocycles. The average Bonchev–Trinajstić information content (AvgIpc) is 3.13.